The summed E-state index contributed by atoms with van der Waals surface area (Å²) in [6, 6.07) is 14.3. The van der Waals surface area contributed by atoms with Gasteiger partial charge in [0.2, 0.25) is 5.91 Å². The summed E-state index contributed by atoms with van der Waals surface area (Å²) in [4.78, 5) is 30.8. The third kappa shape index (κ3) is 5.48. The summed E-state index contributed by atoms with van der Waals surface area (Å²) < 4.78 is 19.7. The van der Waals surface area contributed by atoms with E-state index in [1.165, 1.54) is 34.0 Å². The van der Waals surface area contributed by atoms with Crippen LogP contribution >= 0.6 is 22.9 Å². The molecule has 34 heavy (non-hydrogen) atoms. The van der Waals surface area contributed by atoms with E-state index in [0.717, 1.165) is 12.0 Å². The highest BCUT2D eigenvalue weighted by Gasteiger charge is 2.33. The largest absolute Gasteiger partial charge is 0.491 e. The van der Waals surface area contributed by atoms with Gasteiger partial charge in [-0.3, -0.25) is 9.59 Å². The molecule has 2 amide bonds. The molecule has 8 heteroatoms. The Kier molecular flexibility index (Phi) is 7.65. The van der Waals surface area contributed by atoms with Crippen LogP contribution in [0.4, 0.5) is 4.39 Å². The van der Waals surface area contributed by atoms with E-state index in [1.807, 2.05) is 11.4 Å². The highest BCUT2D eigenvalue weighted by molar-refractivity contribution is 7.10. The SMILES string of the molecule is C=CCN(CC(=O)N1CCc2sccc2C1COc1ccc(Cl)cc1)C(=O)c1cccc(F)c1. The van der Waals surface area contributed by atoms with Gasteiger partial charge in [0.25, 0.3) is 5.91 Å². The van der Waals surface area contributed by atoms with Crippen molar-refractivity contribution in [1.29, 1.82) is 0 Å². The maximum Gasteiger partial charge on any atom is 0.254 e. The van der Waals surface area contributed by atoms with E-state index in [2.05, 4.69) is 6.58 Å². The summed E-state index contributed by atoms with van der Waals surface area (Å²) in [6.45, 7) is 4.53. The molecule has 1 aliphatic heterocycles. The molecule has 0 spiro atoms. The van der Waals surface area contributed by atoms with Crippen LogP contribution in [-0.4, -0.2) is 47.9 Å². The van der Waals surface area contributed by atoms with Gasteiger partial charge in [-0.25, -0.2) is 4.39 Å². The van der Waals surface area contributed by atoms with E-state index in [1.54, 1.807) is 46.6 Å². The highest BCUT2D eigenvalue weighted by Crippen LogP contribution is 2.34. The van der Waals surface area contributed by atoms with Crippen LogP contribution in [0.2, 0.25) is 5.02 Å². The van der Waals surface area contributed by atoms with E-state index >= 15 is 0 Å². The van der Waals surface area contributed by atoms with E-state index in [9.17, 15) is 14.0 Å². The first kappa shape index (κ1) is 24.0. The maximum absolute atomic E-state index is 13.7. The van der Waals surface area contributed by atoms with Crippen LogP contribution in [0, 0.1) is 5.82 Å². The third-order valence-corrected chi connectivity index (χ3v) is 6.92. The Morgan fingerprint density at radius 2 is 2.03 bits per heavy atom. The highest BCUT2D eigenvalue weighted by atomic mass is 35.5. The van der Waals surface area contributed by atoms with Crippen molar-refractivity contribution in [2.45, 2.75) is 12.5 Å². The van der Waals surface area contributed by atoms with Gasteiger partial charge in [-0.05, 0) is 65.9 Å². The minimum Gasteiger partial charge on any atom is -0.491 e. The van der Waals surface area contributed by atoms with Gasteiger partial charge in [0.15, 0.2) is 0 Å². The van der Waals surface area contributed by atoms with Gasteiger partial charge >= 0.3 is 0 Å². The van der Waals surface area contributed by atoms with E-state index in [4.69, 9.17) is 16.3 Å². The van der Waals surface area contributed by atoms with Gasteiger partial charge in [-0.1, -0.05) is 23.7 Å². The third-order valence-electron chi connectivity index (χ3n) is 5.67. The second-order valence-electron chi connectivity index (χ2n) is 7.90. The fraction of sp³-hybridized carbons (Fsp3) is 0.231. The number of hydrogen-bond acceptors (Lipinski definition) is 4. The molecule has 0 fully saturated rings. The summed E-state index contributed by atoms with van der Waals surface area (Å²) in [5.74, 6) is -0.465. The van der Waals surface area contributed by atoms with Gasteiger partial charge in [-0.2, -0.15) is 0 Å². The van der Waals surface area contributed by atoms with Crippen molar-refractivity contribution in [2.24, 2.45) is 0 Å². The number of benzene rings is 2. The number of ether oxygens (including phenoxy) is 1. The zero-order chi connectivity index (χ0) is 24.1. The second kappa shape index (κ2) is 10.8. The van der Waals surface area contributed by atoms with Gasteiger partial charge in [0.05, 0.1) is 6.04 Å². The second-order valence-corrected chi connectivity index (χ2v) is 9.34. The number of halogens is 2. The van der Waals surface area contributed by atoms with Crippen molar-refractivity contribution in [3.05, 3.63) is 99.5 Å². The number of nitrogens with zero attached hydrogens (tertiary/aromatic N) is 2. The first-order valence-electron chi connectivity index (χ1n) is 10.9. The Morgan fingerprint density at radius 3 is 2.76 bits per heavy atom. The average Bonchev–Trinajstić information content (AvgIpc) is 3.32. The Balaban J connectivity index is 1.52. The van der Waals surface area contributed by atoms with Gasteiger partial charge in [0, 0.05) is 28.6 Å². The van der Waals surface area contributed by atoms with Crippen LogP contribution in [0.5, 0.6) is 5.75 Å². The summed E-state index contributed by atoms with van der Waals surface area (Å²) in [5.41, 5.74) is 1.25. The topological polar surface area (TPSA) is 49.9 Å². The zero-order valence-corrected chi connectivity index (χ0v) is 20.0. The smallest absolute Gasteiger partial charge is 0.254 e. The molecule has 0 bridgehead atoms. The van der Waals surface area contributed by atoms with Crippen molar-refractivity contribution in [3.63, 3.8) is 0 Å². The Hall–Kier alpha value is -3.16. The van der Waals surface area contributed by atoms with E-state index in [0.29, 0.717) is 17.3 Å². The summed E-state index contributed by atoms with van der Waals surface area (Å²) in [5, 5.41) is 2.64. The lowest BCUT2D eigenvalue weighted by Crippen LogP contribution is -2.47. The number of amides is 2. The first-order valence-corrected chi connectivity index (χ1v) is 12.1. The standard InChI is InChI=1S/C26H24ClFN2O3S/c1-2-12-29(26(32)18-4-3-5-20(28)15-18)16-25(31)30-13-10-24-22(11-14-34-24)23(30)17-33-21-8-6-19(27)7-9-21/h2-9,11,14-15,23H,1,10,12-13,16-17H2. The fourth-order valence-electron chi connectivity index (χ4n) is 4.01. The molecule has 0 saturated carbocycles. The summed E-state index contributed by atoms with van der Waals surface area (Å²) >= 11 is 7.63. The van der Waals surface area contributed by atoms with Crippen molar-refractivity contribution >= 4 is 34.8 Å². The monoisotopic (exact) mass is 498 g/mol. The molecule has 1 atom stereocenters. The number of carbonyl (C=O) groups excluding carboxylic acids is 2. The number of rotatable bonds is 8. The maximum atomic E-state index is 13.7. The number of hydrogen-bond donors (Lipinski definition) is 0. The fourth-order valence-corrected chi connectivity index (χ4v) is 5.07. The Bertz CT molecular complexity index is 1180. The molecule has 4 rings (SSSR count). The molecule has 1 unspecified atom stereocenters. The zero-order valence-electron chi connectivity index (χ0n) is 18.5. The van der Waals surface area contributed by atoms with E-state index in [-0.39, 0.29) is 37.2 Å². The molecule has 2 heterocycles. The van der Waals surface area contributed by atoms with Crippen molar-refractivity contribution in [1.82, 2.24) is 9.80 Å². The van der Waals surface area contributed by atoms with Crippen molar-refractivity contribution in [3.8, 4) is 5.75 Å². The van der Waals surface area contributed by atoms with Gasteiger partial charge in [-0.15, -0.1) is 17.9 Å². The van der Waals surface area contributed by atoms with Gasteiger partial charge in [0.1, 0.15) is 24.7 Å². The van der Waals surface area contributed by atoms with Crippen molar-refractivity contribution < 1.29 is 18.7 Å². The predicted molar refractivity (Wildman–Crippen MR) is 132 cm³/mol. The predicted octanol–water partition coefficient (Wildman–Crippen LogP) is 5.37. The minimum atomic E-state index is -0.504. The Labute approximate surface area is 207 Å². The molecule has 0 N–H and O–H groups in total. The Morgan fingerprint density at radius 1 is 1.24 bits per heavy atom. The molecule has 1 aromatic heterocycles. The normalized spacial score (nSPS) is 14.9. The van der Waals surface area contributed by atoms with Crippen LogP contribution in [0.15, 0.2) is 72.6 Å². The van der Waals surface area contributed by atoms with Crippen LogP contribution < -0.4 is 4.74 Å². The molecule has 176 valence electrons. The number of fused-ring (bicyclic) bond motifs is 1. The van der Waals surface area contributed by atoms with Crippen LogP contribution in [-0.2, 0) is 11.2 Å². The number of thiophene rings is 1. The average molecular weight is 499 g/mol. The lowest BCUT2D eigenvalue weighted by atomic mass is 10.0. The summed E-state index contributed by atoms with van der Waals surface area (Å²) in [6.07, 6.45) is 2.30. The minimum absolute atomic E-state index is 0.141. The molecule has 1 aliphatic rings. The lowest BCUT2D eigenvalue weighted by Gasteiger charge is -2.37. The summed E-state index contributed by atoms with van der Waals surface area (Å²) in [7, 11) is 0. The molecule has 0 aliphatic carbocycles. The molecule has 5 nitrogen and oxygen atoms in total. The van der Waals surface area contributed by atoms with Crippen LogP contribution in [0.1, 0.15) is 26.8 Å². The van der Waals surface area contributed by atoms with Crippen LogP contribution in [0.25, 0.3) is 0 Å². The van der Waals surface area contributed by atoms with Crippen molar-refractivity contribution in [2.75, 3.05) is 26.2 Å². The molecule has 3 aromatic rings. The number of carbonyl (C=O) groups is 2. The van der Waals surface area contributed by atoms with Crippen LogP contribution in [0.3, 0.4) is 0 Å². The first-order chi connectivity index (χ1) is 16.5. The molecule has 0 radical (unpaired) electrons. The molecule has 2 aromatic carbocycles. The molecular weight excluding hydrogens is 475 g/mol. The molecule has 0 saturated heterocycles. The quantitative estimate of drug-likeness (QED) is 0.392. The van der Waals surface area contributed by atoms with Gasteiger partial charge < -0.3 is 14.5 Å². The molecular formula is C26H24ClFN2O3S. The van der Waals surface area contributed by atoms with E-state index < -0.39 is 11.7 Å². The lowest BCUT2D eigenvalue weighted by molar-refractivity contribution is -0.135.